The van der Waals surface area contributed by atoms with Crippen LogP contribution in [0.4, 0.5) is 0 Å². The van der Waals surface area contributed by atoms with E-state index in [9.17, 15) is 0 Å². The zero-order valence-corrected chi connectivity index (χ0v) is 8.80. The van der Waals surface area contributed by atoms with Gasteiger partial charge in [-0.2, -0.15) is 0 Å². The maximum absolute atomic E-state index is 5.37. The standard InChI is InChI=1S/C10H12N2OS/c1-11-7-9-8(2-4-13-9)6-10-12-3-5-14-10/h2-5,11H,6-7H2,1H3. The van der Waals surface area contributed by atoms with Crippen molar-refractivity contribution in [3.05, 3.63) is 40.2 Å². The number of hydrogen-bond donors (Lipinski definition) is 1. The van der Waals surface area contributed by atoms with Crippen LogP contribution >= 0.6 is 11.3 Å². The third-order valence-corrected chi connectivity index (χ3v) is 2.78. The molecule has 2 heterocycles. The predicted octanol–water partition coefficient (Wildman–Crippen LogP) is 2.05. The third kappa shape index (κ3) is 2.02. The Morgan fingerprint density at radius 2 is 2.50 bits per heavy atom. The Hall–Kier alpha value is -1.13. The molecule has 0 aliphatic heterocycles. The first-order valence-corrected chi connectivity index (χ1v) is 5.36. The van der Waals surface area contributed by atoms with Gasteiger partial charge in [0.2, 0.25) is 0 Å². The molecule has 3 nitrogen and oxygen atoms in total. The molecule has 74 valence electrons. The Kier molecular flexibility index (Phi) is 2.96. The Labute approximate surface area is 86.8 Å². The van der Waals surface area contributed by atoms with E-state index >= 15 is 0 Å². The van der Waals surface area contributed by atoms with Crippen LogP contribution < -0.4 is 5.32 Å². The van der Waals surface area contributed by atoms with Crippen molar-refractivity contribution < 1.29 is 4.42 Å². The summed E-state index contributed by atoms with van der Waals surface area (Å²) in [6.07, 6.45) is 4.43. The van der Waals surface area contributed by atoms with Gasteiger partial charge in [-0.15, -0.1) is 11.3 Å². The van der Waals surface area contributed by atoms with Crippen molar-refractivity contribution in [1.82, 2.24) is 10.3 Å². The monoisotopic (exact) mass is 208 g/mol. The zero-order chi connectivity index (χ0) is 9.80. The molecule has 0 fully saturated rings. The second-order valence-electron chi connectivity index (χ2n) is 3.00. The number of nitrogens with one attached hydrogen (secondary N) is 1. The van der Waals surface area contributed by atoms with E-state index in [-0.39, 0.29) is 0 Å². The van der Waals surface area contributed by atoms with Crippen LogP contribution in [-0.2, 0) is 13.0 Å². The highest BCUT2D eigenvalue weighted by molar-refractivity contribution is 7.09. The SMILES string of the molecule is CNCc1occc1Cc1nccs1. The van der Waals surface area contributed by atoms with Gasteiger partial charge < -0.3 is 9.73 Å². The first-order chi connectivity index (χ1) is 6.90. The Bertz CT molecular complexity index is 380. The molecule has 0 aliphatic carbocycles. The van der Waals surface area contributed by atoms with Crippen LogP contribution in [0.15, 0.2) is 28.3 Å². The fourth-order valence-corrected chi connectivity index (χ4v) is 1.98. The summed E-state index contributed by atoms with van der Waals surface area (Å²) in [6, 6.07) is 2.01. The largest absolute Gasteiger partial charge is 0.468 e. The van der Waals surface area contributed by atoms with Crippen LogP contribution in [0, 0.1) is 0 Å². The minimum absolute atomic E-state index is 0.772. The molecular weight excluding hydrogens is 196 g/mol. The van der Waals surface area contributed by atoms with Crippen LogP contribution in [0.25, 0.3) is 0 Å². The number of aromatic nitrogens is 1. The number of nitrogens with zero attached hydrogens (tertiary/aromatic N) is 1. The average molecular weight is 208 g/mol. The highest BCUT2D eigenvalue weighted by atomic mass is 32.1. The molecule has 2 aromatic rings. The van der Waals surface area contributed by atoms with Crippen molar-refractivity contribution in [2.24, 2.45) is 0 Å². The number of rotatable bonds is 4. The molecule has 0 radical (unpaired) electrons. The summed E-state index contributed by atoms with van der Waals surface area (Å²) in [5.41, 5.74) is 1.22. The summed E-state index contributed by atoms with van der Waals surface area (Å²) >= 11 is 1.67. The number of thiazole rings is 1. The fourth-order valence-electron chi connectivity index (χ4n) is 1.34. The van der Waals surface area contributed by atoms with Gasteiger partial charge in [0, 0.05) is 23.6 Å². The zero-order valence-electron chi connectivity index (χ0n) is 7.99. The summed E-state index contributed by atoms with van der Waals surface area (Å²) in [6.45, 7) is 0.772. The van der Waals surface area contributed by atoms with E-state index in [0.29, 0.717) is 0 Å². The van der Waals surface area contributed by atoms with Gasteiger partial charge in [0.05, 0.1) is 17.8 Å². The van der Waals surface area contributed by atoms with Crippen LogP contribution in [0.3, 0.4) is 0 Å². The van der Waals surface area contributed by atoms with Crippen molar-refractivity contribution in [2.45, 2.75) is 13.0 Å². The summed E-state index contributed by atoms with van der Waals surface area (Å²) < 4.78 is 5.37. The second kappa shape index (κ2) is 4.39. The summed E-state index contributed by atoms with van der Waals surface area (Å²) in [4.78, 5) is 4.25. The van der Waals surface area contributed by atoms with Crippen LogP contribution in [-0.4, -0.2) is 12.0 Å². The molecule has 1 N–H and O–H groups in total. The molecule has 0 bridgehead atoms. The minimum Gasteiger partial charge on any atom is -0.468 e. The normalized spacial score (nSPS) is 10.6. The first-order valence-electron chi connectivity index (χ1n) is 4.48. The molecule has 2 aromatic heterocycles. The predicted molar refractivity (Wildman–Crippen MR) is 56.4 cm³/mol. The van der Waals surface area contributed by atoms with Gasteiger partial charge in [-0.25, -0.2) is 4.98 Å². The molecule has 0 saturated carbocycles. The van der Waals surface area contributed by atoms with Crippen LogP contribution in [0.5, 0.6) is 0 Å². The minimum atomic E-state index is 0.772. The summed E-state index contributed by atoms with van der Waals surface area (Å²) in [5.74, 6) is 1.00. The maximum Gasteiger partial charge on any atom is 0.121 e. The molecule has 0 atom stereocenters. The summed E-state index contributed by atoms with van der Waals surface area (Å²) in [7, 11) is 1.91. The van der Waals surface area contributed by atoms with Gasteiger partial charge in [0.25, 0.3) is 0 Å². The lowest BCUT2D eigenvalue weighted by atomic mass is 10.2. The molecule has 4 heteroatoms. The first kappa shape index (κ1) is 9.43. The number of furan rings is 1. The van der Waals surface area contributed by atoms with Crippen molar-refractivity contribution in [3.63, 3.8) is 0 Å². The molecule has 0 amide bonds. The van der Waals surface area contributed by atoms with Gasteiger partial charge in [0.1, 0.15) is 5.76 Å². The van der Waals surface area contributed by atoms with E-state index in [1.165, 1.54) is 5.56 Å². The Morgan fingerprint density at radius 1 is 1.57 bits per heavy atom. The quantitative estimate of drug-likeness (QED) is 0.835. The Morgan fingerprint density at radius 3 is 3.21 bits per heavy atom. The van der Waals surface area contributed by atoms with Crippen molar-refractivity contribution in [1.29, 1.82) is 0 Å². The van der Waals surface area contributed by atoms with Crippen molar-refractivity contribution in [2.75, 3.05) is 7.05 Å². The van der Waals surface area contributed by atoms with E-state index in [2.05, 4.69) is 10.3 Å². The molecular formula is C10H12N2OS. The lowest BCUT2D eigenvalue weighted by Crippen LogP contribution is -2.06. The molecule has 0 aromatic carbocycles. The maximum atomic E-state index is 5.37. The van der Waals surface area contributed by atoms with Crippen molar-refractivity contribution >= 4 is 11.3 Å². The van der Waals surface area contributed by atoms with E-state index < -0.39 is 0 Å². The van der Waals surface area contributed by atoms with Gasteiger partial charge in [-0.3, -0.25) is 0 Å². The van der Waals surface area contributed by atoms with Crippen LogP contribution in [0.1, 0.15) is 16.3 Å². The topological polar surface area (TPSA) is 38.1 Å². The molecule has 14 heavy (non-hydrogen) atoms. The highest BCUT2D eigenvalue weighted by Gasteiger charge is 2.07. The summed E-state index contributed by atoms with van der Waals surface area (Å²) in [5, 5.41) is 6.20. The number of hydrogen-bond acceptors (Lipinski definition) is 4. The molecule has 0 aliphatic rings. The highest BCUT2D eigenvalue weighted by Crippen LogP contribution is 2.16. The van der Waals surface area contributed by atoms with E-state index in [4.69, 9.17) is 4.42 Å². The van der Waals surface area contributed by atoms with E-state index in [0.717, 1.165) is 23.7 Å². The molecule has 2 rings (SSSR count). The van der Waals surface area contributed by atoms with Gasteiger partial charge in [-0.05, 0) is 13.1 Å². The lowest BCUT2D eigenvalue weighted by molar-refractivity contribution is 0.491. The molecule has 0 spiro atoms. The average Bonchev–Trinajstić information content (AvgIpc) is 2.80. The second-order valence-corrected chi connectivity index (χ2v) is 3.98. The van der Waals surface area contributed by atoms with Crippen LogP contribution in [0.2, 0.25) is 0 Å². The van der Waals surface area contributed by atoms with Gasteiger partial charge >= 0.3 is 0 Å². The van der Waals surface area contributed by atoms with E-state index in [1.54, 1.807) is 17.6 Å². The molecule has 0 unspecified atom stereocenters. The fraction of sp³-hybridized carbons (Fsp3) is 0.300. The third-order valence-electron chi connectivity index (χ3n) is 2.00. The van der Waals surface area contributed by atoms with Crippen molar-refractivity contribution in [3.8, 4) is 0 Å². The van der Waals surface area contributed by atoms with Gasteiger partial charge in [-0.1, -0.05) is 0 Å². The smallest absolute Gasteiger partial charge is 0.121 e. The van der Waals surface area contributed by atoms with E-state index in [1.807, 2.05) is 24.7 Å². The molecule has 0 saturated heterocycles. The lowest BCUT2D eigenvalue weighted by Gasteiger charge is -1.99. The van der Waals surface area contributed by atoms with Gasteiger partial charge in [0.15, 0.2) is 0 Å². The Balaban J connectivity index is 2.12.